The summed E-state index contributed by atoms with van der Waals surface area (Å²) in [6.45, 7) is 2.93. The van der Waals surface area contributed by atoms with Crippen molar-refractivity contribution >= 4 is 33.4 Å². The van der Waals surface area contributed by atoms with Crippen molar-refractivity contribution in [2.75, 3.05) is 18.4 Å². The highest BCUT2D eigenvalue weighted by molar-refractivity contribution is 9.10. The Morgan fingerprint density at radius 3 is 2.47 bits per heavy atom. The summed E-state index contributed by atoms with van der Waals surface area (Å²) in [5.41, 5.74) is 2.25. The number of carbonyl (C=O) groups excluding carboxylic acids is 2. The first kappa shape index (κ1) is 22.3. The predicted octanol–water partition coefficient (Wildman–Crippen LogP) is 4.82. The molecule has 32 heavy (non-hydrogen) atoms. The number of benzene rings is 2. The van der Waals surface area contributed by atoms with Crippen molar-refractivity contribution in [2.24, 2.45) is 5.92 Å². The molecule has 0 unspecified atom stereocenters. The molecule has 0 radical (unpaired) electrons. The monoisotopic (exact) mass is 495 g/mol. The molecule has 0 spiro atoms. The van der Waals surface area contributed by atoms with Crippen LogP contribution in [0.3, 0.4) is 0 Å². The molecule has 0 atom stereocenters. The van der Waals surface area contributed by atoms with Gasteiger partial charge in [-0.3, -0.25) is 14.5 Å². The van der Waals surface area contributed by atoms with E-state index in [1.54, 1.807) is 36.6 Å². The van der Waals surface area contributed by atoms with Crippen molar-refractivity contribution in [3.63, 3.8) is 0 Å². The fourth-order valence-corrected chi connectivity index (χ4v) is 4.17. The van der Waals surface area contributed by atoms with Gasteiger partial charge < -0.3 is 15.1 Å². The normalized spacial score (nSPS) is 14.8. The van der Waals surface area contributed by atoms with Crippen LogP contribution in [-0.4, -0.2) is 29.8 Å². The van der Waals surface area contributed by atoms with E-state index in [1.807, 2.05) is 6.07 Å². The minimum atomic E-state index is -0.249. The zero-order chi connectivity index (χ0) is 22.3. The number of carbonyl (C=O) groups is 2. The molecule has 2 aromatic carbocycles. The van der Waals surface area contributed by atoms with E-state index in [-0.39, 0.29) is 17.7 Å². The fraction of sp³-hybridized carbons (Fsp3) is 0.280. The fourth-order valence-electron chi connectivity index (χ4n) is 3.90. The minimum Gasteiger partial charge on any atom is -0.467 e. The summed E-state index contributed by atoms with van der Waals surface area (Å²) in [7, 11) is 0. The molecule has 1 aliphatic rings. The number of hydrogen-bond acceptors (Lipinski definition) is 4. The topological polar surface area (TPSA) is 74.6 Å². The van der Waals surface area contributed by atoms with Crippen molar-refractivity contribution in [1.82, 2.24) is 10.2 Å². The number of halogens is 1. The van der Waals surface area contributed by atoms with Crippen molar-refractivity contribution in [1.29, 1.82) is 0 Å². The Balaban J connectivity index is 1.30. The molecular formula is C25H26BrN3O3. The third kappa shape index (κ3) is 5.87. The Labute approximate surface area is 196 Å². The number of para-hydroxylation sites is 1. The molecule has 1 aliphatic heterocycles. The molecule has 166 valence electrons. The smallest absolute Gasteiger partial charge is 0.253 e. The lowest BCUT2D eigenvalue weighted by Crippen LogP contribution is -2.38. The quantitative estimate of drug-likeness (QED) is 0.492. The van der Waals surface area contributed by atoms with Gasteiger partial charge in [0.15, 0.2) is 0 Å². The Hall–Kier alpha value is -2.90. The van der Waals surface area contributed by atoms with Crippen LogP contribution in [0, 0.1) is 5.92 Å². The maximum Gasteiger partial charge on any atom is 0.253 e. The van der Waals surface area contributed by atoms with Crippen LogP contribution in [-0.2, 0) is 17.9 Å². The minimum absolute atomic E-state index is 0.0282. The summed E-state index contributed by atoms with van der Waals surface area (Å²) in [4.78, 5) is 27.9. The van der Waals surface area contributed by atoms with E-state index in [0.29, 0.717) is 23.6 Å². The molecule has 0 bridgehead atoms. The first-order valence-electron chi connectivity index (χ1n) is 10.8. The molecule has 0 aliphatic carbocycles. The van der Waals surface area contributed by atoms with E-state index < -0.39 is 0 Å². The van der Waals surface area contributed by atoms with Gasteiger partial charge in [0.1, 0.15) is 5.76 Å². The third-order valence-corrected chi connectivity index (χ3v) is 6.24. The number of rotatable bonds is 7. The van der Waals surface area contributed by atoms with Gasteiger partial charge in [0, 0.05) is 16.9 Å². The molecule has 2 amide bonds. The van der Waals surface area contributed by atoms with E-state index in [0.717, 1.165) is 36.9 Å². The average Bonchev–Trinajstić information content (AvgIpc) is 3.33. The number of likely N-dealkylation sites (tertiary alicyclic amines) is 1. The van der Waals surface area contributed by atoms with Crippen LogP contribution < -0.4 is 10.6 Å². The van der Waals surface area contributed by atoms with Gasteiger partial charge in [-0.05, 0) is 67.9 Å². The Morgan fingerprint density at radius 2 is 1.75 bits per heavy atom. The van der Waals surface area contributed by atoms with Crippen LogP contribution in [0.1, 0.15) is 34.5 Å². The number of amides is 2. The van der Waals surface area contributed by atoms with Gasteiger partial charge >= 0.3 is 0 Å². The van der Waals surface area contributed by atoms with E-state index >= 15 is 0 Å². The molecule has 3 aromatic rings. The van der Waals surface area contributed by atoms with E-state index in [2.05, 4.69) is 55.7 Å². The van der Waals surface area contributed by atoms with Crippen LogP contribution in [0.25, 0.3) is 0 Å². The number of furan rings is 1. The number of anilines is 1. The van der Waals surface area contributed by atoms with Crippen LogP contribution in [0.4, 0.5) is 5.69 Å². The molecule has 1 fully saturated rings. The maximum atomic E-state index is 12.9. The second-order valence-corrected chi connectivity index (χ2v) is 8.89. The summed E-state index contributed by atoms with van der Waals surface area (Å²) < 4.78 is 6.33. The number of nitrogens with one attached hydrogen (secondary N) is 2. The van der Waals surface area contributed by atoms with E-state index in [4.69, 9.17) is 4.42 Å². The lowest BCUT2D eigenvalue weighted by Gasteiger charge is -2.31. The molecule has 2 N–H and O–H groups in total. The zero-order valence-electron chi connectivity index (χ0n) is 17.7. The molecule has 0 saturated carbocycles. The van der Waals surface area contributed by atoms with Crippen LogP contribution in [0.2, 0.25) is 0 Å². The van der Waals surface area contributed by atoms with Crippen molar-refractivity contribution < 1.29 is 14.0 Å². The molecule has 1 aromatic heterocycles. The summed E-state index contributed by atoms with van der Waals surface area (Å²) >= 11 is 3.47. The molecule has 7 heteroatoms. The summed E-state index contributed by atoms with van der Waals surface area (Å²) in [6, 6.07) is 19.0. The maximum absolute atomic E-state index is 12.9. The lowest BCUT2D eigenvalue weighted by atomic mass is 9.95. The van der Waals surface area contributed by atoms with Crippen molar-refractivity contribution in [3.05, 3.63) is 88.3 Å². The highest BCUT2D eigenvalue weighted by Crippen LogP contribution is 2.23. The molecule has 1 saturated heterocycles. The summed E-state index contributed by atoms with van der Waals surface area (Å²) in [5, 5.41) is 5.81. The van der Waals surface area contributed by atoms with Gasteiger partial charge in [-0.1, -0.05) is 40.2 Å². The first-order chi connectivity index (χ1) is 15.6. The largest absolute Gasteiger partial charge is 0.467 e. The van der Waals surface area contributed by atoms with Crippen molar-refractivity contribution in [3.8, 4) is 0 Å². The molecule has 4 rings (SSSR count). The lowest BCUT2D eigenvalue weighted by molar-refractivity contribution is -0.121. The Morgan fingerprint density at radius 1 is 1.00 bits per heavy atom. The second-order valence-electron chi connectivity index (χ2n) is 7.97. The third-order valence-electron chi connectivity index (χ3n) is 5.71. The van der Waals surface area contributed by atoms with Crippen LogP contribution >= 0.6 is 15.9 Å². The summed E-state index contributed by atoms with van der Waals surface area (Å²) in [6.07, 6.45) is 3.17. The van der Waals surface area contributed by atoms with Gasteiger partial charge in [0.2, 0.25) is 5.91 Å². The van der Waals surface area contributed by atoms with Crippen molar-refractivity contribution in [2.45, 2.75) is 25.9 Å². The number of nitrogens with zero attached hydrogens (tertiary/aromatic N) is 1. The van der Waals surface area contributed by atoms with Gasteiger partial charge in [0.05, 0.1) is 24.1 Å². The number of hydrogen-bond donors (Lipinski definition) is 2. The van der Waals surface area contributed by atoms with Crippen LogP contribution in [0.15, 0.2) is 75.8 Å². The molecule has 6 nitrogen and oxygen atoms in total. The Kier molecular flexibility index (Phi) is 7.39. The number of piperidine rings is 1. The average molecular weight is 496 g/mol. The van der Waals surface area contributed by atoms with Gasteiger partial charge in [-0.15, -0.1) is 0 Å². The van der Waals surface area contributed by atoms with Gasteiger partial charge in [-0.2, -0.15) is 0 Å². The summed E-state index contributed by atoms with van der Waals surface area (Å²) in [5.74, 6) is 0.339. The molecular weight excluding hydrogens is 470 g/mol. The second kappa shape index (κ2) is 10.6. The van der Waals surface area contributed by atoms with E-state index in [1.165, 1.54) is 5.56 Å². The van der Waals surface area contributed by atoms with Gasteiger partial charge in [-0.25, -0.2) is 0 Å². The predicted molar refractivity (Wildman–Crippen MR) is 127 cm³/mol. The standard InChI is InChI=1S/C25H26BrN3O3/c26-20-9-7-18(8-10-20)17-29-13-11-19(12-14-29)24(30)28-23-6-2-1-5-22(23)25(31)27-16-21-4-3-15-32-21/h1-10,15,19H,11-14,16-17H2,(H,27,31)(H,28,30). The highest BCUT2D eigenvalue weighted by atomic mass is 79.9. The SMILES string of the molecule is O=C(NCc1ccco1)c1ccccc1NC(=O)C1CCN(Cc2ccc(Br)cc2)CC1. The van der Waals surface area contributed by atoms with E-state index in [9.17, 15) is 9.59 Å². The highest BCUT2D eigenvalue weighted by Gasteiger charge is 2.26. The first-order valence-corrected chi connectivity index (χ1v) is 11.5. The molecule has 2 heterocycles. The zero-order valence-corrected chi connectivity index (χ0v) is 19.3. The van der Waals surface area contributed by atoms with Gasteiger partial charge in [0.25, 0.3) is 5.91 Å². The van der Waals surface area contributed by atoms with Crippen LogP contribution in [0.5, 0.6) is 0 Å². The Bertz CT molecular complexity index is 1040.